The van der Waals surface area contributed by atoms with Crippen LogP contribution in [0.5, 0.6) is 0 Å². The predicted molar refractivity (Wildman–Crippen MR) is 57.9 cm³/mol. The third kappa shape index (κ3) is 2.34. The molecule has 0 bridgehead atoms. The van der Waals surface area contributed by atoms with Gasteiger partial charge in [-0.3, -0.25) is 0 Å². The van der Waals surface area contributed by atoms with Crippen molar-refractivity contribution in [2.45, 2.75) is 31.5 Å². The van der Waals surface area contributed by atoms with E-state index in [1.54, 1.807) is 0 Å². The number of rotatable bonds is 2. The summed E-state index contributed by atoms with van der Waals surface area (Å²) in [6.07, 6.45) is 0. The van der Waals surface area contributed by atoms with E-state index in [9.17, 15) is 0 Å². The third-order valence-corrected chi connectivity index (χ3v) is 2.59. The zero-order valence-electron chi connectivity index (χ0n) is 7.84. The Hall–Kier alpha value is -0.300. The van der Waals surface area contributed by atoms with Crippen LogP contribution in [0.2, 0.25) is 0 Å². The molecule has 1 aromatic carbocycles. The number of hydrogen-bond donors (Lipinski definition) is 0. The fraction of sp³-hybridized carbons (Fsp3) is 0.455. The average molecular weight is 227 g/mol. The Labute approximate surface area is 83.1 Å². The van der Waals surface area contributed by atoms with Gasteiger partial charge in [0.05, 0.1) is 0 Å². The Morgan fingerprint density at radius 1 is 0.917 bits per heavy atom. The first-order chi connectivity index (χ1) is 5.61. The highest BCUT2D eigenvalue weighted by Crippen LogP contribution is 2.23. The van der Waals surface area contributed by atoms with Gasteiger partial charge >= 0.3 is 0 Å². The molecule has 1 heteroatoms. The first kappa shape index (κ1) is 9.79. The van der Waals surface area contributed by atoms with Gasteiger partial charge in [0.1, 0.15) is 0 Å². The van der Waals surface area contributed by atoms with Crippen molar-refractivity contribution in [3.05, 3.63) is 35.4 Å². The Morgan fingerprint density at radius 2 is 1.33 bits per heavy atom. The van der Waals surface area contributed by atoms with Crippen molar-refractivity contribution < 1.29 is 0 Å². The second kappa shape index (κ2) is 4.08. The molecule has 1 atom stereocenters. The van der Waals surface area contributed by atoms with E-state index in [0.717, 1.165) is 0 Å². The van der Waals surface area contributed by atoms with Crippen LogP contribution >= 0.6 is 15.9 Å². The zero-order valence-corrected chi connectivity index (χ0v) is 9.43. The first-order valence-electron chi connectivity index (χ1n) is 4.35. The smallest absolute Gasteiger partial charge is 0.0367 e. The van der Waals surface area contributed by atoms with Crippen molar-refractivity contribution in [2.24, 2.45) is 0 Å². The minimum absolute atomic E-state index is 0.457. The normalized spacial score (nSPS) is 13.4. The molecule has 0 heterocycles. The molecule has 0 nitrogen and oxygen atoms in total. The summed E-state index contributed by atoms with van der Waals surface area (Å²) in [5, 5.41) is 0. The summed E-state index contributed by atoms with van der Waals surface area (Å²) in [5.41, 5.74) is 2.76. The molecular weight excluding hydrogens is 212 g/mol. The lowest BCUT2D eigenvalue weighted by Crippen LogP contribution is -1.88. The highest BCUT2D eigenvalue weighted by molar-refractivity contribution is 9.09. The van der Waals surface area contributed by atoms with Gasteiger partial charge in [0, 0.05) is 4.83 Å². The van der Waals surface area contributed by atoms with Gasteiger partial charge in [-0.25, -0.2) is 0 Å². The molecule has 0 aromatic heterocycles. The Bertz CT molecular complexity index is 207. The van der Waals surface area contributed by atoms with E-state index in [1.165, 1.54) is 11.1 Å². The second-order valence-electron chi connectivity index (χ2n) is 3.44. The van der Waals surface area contributed by atoms with Crippen LogP contribution in [-0.2, 0) is 0 Å². The van der Waals surface area contributed by atoms with Crippen LogP contribution in [0.3, 0.4) is 0 Å². The molecular formula is C11H15Br. The molecule has 12 heavy (non-hydrogen) atoms. The SMILES string of the molecule is CC(C)c1ccc([C@@H](C)Br)cc1. The lowest BCUT2D eigenvalue weighted by atomic mass is 10.0. The van der Waals surface area contributed by atoms with E-state index >= 15 is 0 Å². The topological polar surface area (TPSA) is 0 Å². The van der Waals surface area contributed by atoms with Gasteiger partial charge in [-0.1, -0.05) is 54.0 Å². The summed E-state index contributed by atoms with van der Waals surface area (Å²) in [7, 11) is 0. The summed E-state index contributed by atoms with van der Waals surface area (Å²) >= 11 is 3.54. The van der Waals surface area contributed by atoms with E-state index in [0.29, 0.717) is 10.7 Å². The van der Waals surface area contributed by atoms with Crippen LogP contribution in [0.25, 0.3) is 0 Å². The average Bonchev–Trinajstić information content (AvgIpc) is 2.04. The zero-order chi connectivity index (χ0) is 9.14. The summed E-state index contributed by atoms with van der Waals surface area (Å²) < 4.78 is 0. The highest BCUT2D eigenvalue weighted by atomic mass is 79.9. The van der Waals surface area contributed by atoms with Crippen molar-refractivity contribution in [3.8, 4) is 0 Å². The highest BCUT2D eigenvalue weighted by Gasteiger charge is 2.01. The number of alkyl halides is 1. The molecule has 0 aliphatic rings. The molecule has 0 saturated heterocycles. The largest absolute Gasteiger partial charge is 0.0842 e. The van der Waals surface area contributed by atoms with E-state index in [2.05, 4.69) is 61.0 Å². The molecule has 0 saturated carbocycles. The van der Waals surface area contributed by atoms with Crippen LogP contribution in [0, 0.1) is 0 Å². The van der Waals surface area contributed by atoms with Crippen molar-refractivity contribution in [1.29, 1.82) is 0 Å². The van der Waals surface area contributed by atoms with E-state index < -0.39 is 0 Å². The molecule has 0 aliphatic carbocycles. The standard InChI is InChI=1S/C11H15Br/c1-8(2)10-4-6-11(7-5-10)9(3)12/h4-9H,1-3H3/t9-/m1/s1. The van der Waals surface area contributed by atoms with E-state index in [1.807, 2.05) is 0 Å². The van der Waals surface area contributed by atoms with Gasteiger partial charge in [-0.05, 0) is 24.0 Å². The molecule has 0 spiro atoms. The van der Waals surface area contributed by atoms with Gasteiger partial charge in [0.15, 0.2) is 0 Å². The predicted octanol–water partition coefficient (Wildman–Crippen LogP) is 4.27. The minimum atomic E-state index is 0.457. The Balaban J connectivity index is 2.86. The fourth-order valence-electron chi connectivity index (χ4n) is 1.15. The number of hydrogen-bond acceptors (Lipinski definition) is 0. The summed E-state index contributed by atoms with van der Waals surface area (Å²) in [4.78, 5) is 0.457. The molecule has 1 aromatic rings. The van der Waals surface area contributed by atoms with Gasteiger partial charge in [-0.2, -0.15) is 0 Å². The maximum Gasteiger partial charge on any atom is 0.0367 e. The van der Waals surface area contributed by atoms with Gasteiger partial charge in [0.25, 0.3) is 0 Å². The molecule has 0 amide bonds. The first-order valence-corrected chi connectivity index (χ1v) is 5.26. The lowest BCUT2D eigenvalue weighted by molar-refractivity contribution is 0.865. The monoisotopic (exact) mass is 226 g/mol. The van der Waals surface area contributed by atoms with Crippen molar-refractivity contribution >= 4 is 15.9 Å². The van der Waals surface area contributed by atoms with Crippen LogP contribution in [0.15, 0.2) is 24.3 Å². The molecule has 1 rings (SSSR count). The fourth-order valence-corrected chi connectivity index (χ4v) is 1.45. The maximum absolute atomic E-state index is 3.54. The Kier molecular flexibility index (Phi) is 3.33. The van der Waals surface area contributed by atoms with Crippen LogP contribution in [-0.4, -0.2) is 0 Å². The number of benzene rings is 1. The molecule has 0 N–H and O–H groups in total. The molecule has 0 aliphatic heterocycles. The molecule has 0 fully saturated rings. The molecule has 0 radical (unpaired) electrons. The Morgan fingerprint density at radius 3 is 1.67 bits per heavy atom. The van der Waals surface area contributed by atoms with Crippen molar-refractivity contribution in [3.63, 3.8) is 0 Å². The summed E-state index contributed by atoms with van der Waals surface area (Å²) in [6, 6.07) is 8.79. The quantitative estimate of drug-likeness (QED) is 0.662. The molecule has 66 valence electrons. The third-order valence-electron chi connectivity index (χ3n) is 2.06. The van der Waals surface area contributed by atoms with Gasteiger partial charge in [-0.15, -0.1) is 0 Å². The van der Waals surface area contributed by atoms with Crippen molar-refractivity contribution in [1.82, 2.24) is 0 Å². The van der Waals surface area contributed by atoms with E-state index in [-0.39, 0.29) is 0 Å². The maximum atomic E-state index is 3.54. The summed E-state index contributed by atoms with van der Waals surface area (Å²) in [5.74, 6) is 0.629. The summed E-state index contributed by atoms with van der Waals surface area (Å²) in [6.45, 7) is 6.57. The van der Waals surface area contributed by atoms with Gasteiger partial charge in [0.2, 0.25) is 0 Å². The number of halogens is 1. The lowest BCUT2D eigenvalue weighted by Gasteiger charge is -2.07. The minimum Gasteiger partial charge on any atom is -0.0842 e. The van der Waals surface area contributed by atoms with Crippen LogP contribution in [0.1, 0.15) is 42.6 Å². The van der Waals surface area contributed by atoms with Crippen LogP contribution in [0.4, 0.5) is 0 Å². The van der Waals surface area contributed by atoms with Gasteiger partial charge < -0.3 is 0 Å². The second-order valence-corrected chi connectivity index (χ2v) is 4.81. The van der Waals surface area contributed by atoms with E-state index in [4.69, 9.17) is 0 Å². The van der Waals surface area contributed by atoms with Crippen LogP contribution < -0.4 is 0 Å². The molecule has 0 unspecified atom stereocenters. The van der Waals surface area contributed by atoms with Crippen molar-refractivity contribution in [2.75, 3.05) is 0 Å².